The second-order valence-electron chi connectivity index (χ2n) is 3.56. The molecule has 0 amide bonds. The van der Waals surface area contributed by atoms with E-state index in [0.29, 0.717) is 6.04 Å². The van der Waals surface area contributed by atoms with Gasteiger partial charge in [-0.2, -0.15) is 0 Å². The molecular weight excluding hydrogens is 190 g/mol. The first-order valence-electron chi connectivity index (χ1n) is 4.69. The molecule has 0 heterocycles. The van der Waals surface area contributed by atoms with E-state index in [1.807, 2.05) is 0 Å². The van der Waals surface area contributed by atoms with E-state index in [0.717, 1.165) is 12.8 Å². The molecule has 1 rings (SSSR count). The number of nitrogens with one attached hydrogen (secondary N) is 1. The molecule has 0 aliphatic heterocycles. The molecule has 0 bridgehead atoms. The Morgan fingerprint density at radius 3 is 2.38 bits per heavy atom. The van der Waals surface area contributed by atoms with Gasteiger partial charge in [-0.3, -0.25) is 4.79 Å². The third kappa shape index (κ3) is 4.48. The van der Waals surface area contributed by atoms with Crippen LogP contribution in [-0.4, -0.2) is 23.2 Å². The molecule has 0 radical (unpaired) electrons. The fourth-order valence-electron chi connectivity index (χ4n) is 1.69. The lowest BCUT2D eigenvalue weighted by Gasteiger charge is -2.24. The highest BCUT2D eigenvalue weighted by atomic mass is 35.5. The third-order valence-electron chi connectivity index (χ3n) is 2.46. The van der Waals surface area contributed by atoms with Gasteiger partial charge >= 0.3 is 5.97 Å². The Hall–Kier alpha value is -0.280. The second-order valence-corrected chi connectivity index (χ2v) is 3.56. The van der Waals surface area contributed by atoms with E-state index in [1.54, 1.807) is 6.92 Å². The van der Waals surface area contributed by atoms with Crippen LogP contribution in [0.4, 0.5) is 0 Å². The average Bonchev–Trinajstić information content (AvgIpc) is 2.06. The minimum absolute atomic E-state index is 0. The fourth-order valence-corrected chi connectivity index (χ4v) is 1.69. The zero-order chi connectivity index (χ0) is 8.97. The minimum atomic E-state index is -0.749. The molecule has 78 valence electrons. The van der Waals surface area contributed by atoms with Crippen molar-refractivity contribution < 1.29 is 9.90 Å². The van der Waals surface area contributed by atoms with E-state index >= 15 is 0 Å². The van der Waals surface area contributed by atoms with E-state index in [9.17, 15) is 4.79 Å². The summed E-state index contributed by atoms with van der Waals surface area (Å²) in [4.78, 5) is 10.5. The average molecular weight is 208 g/mol. The Kier molecular flexibility index (Phi) is 6.08. The van der Waals surface area contributed by atoms with Gasteiger partial charge in [-0.05, 0) is 19.8 Å². The fraction of sp³-hybridized carbons (Fsp3) is 0.889. The Morgan fingerprint density at radius 2 is 1.92 bits per heavy atom. The van der Waals surface area contributed by atoms with Crippen molar-refractivity contribution in [2.24, 2.45) is 0 Å². The Morgan fingerprint density at radius 1 is 1.38 bits per heavy atom. The first-order valence-corrected chi connectivity index (χ1v) is 4.69. The van der Waals surface area contributed by atoms with Crippen LogP contribution in [0.15, 0.2) is 0 Å². The SMILES string of the molecule is C[C@@H](NC1CCCCC1)C(=O)O.Cl. The van der Waals surface area contributed by atoms with Gasteiger partial charge in [0.15, 0.2) is 0 Å². The largest absolute Gasteiger partial charge is 0.480 e. The van der Waals surface area contributed by atoms with Gasteiger partial charge in [0.2, 0.25) is 0 Å². The van der Waals surface area contributed by atoms with E-state index < -0.39 is 12.0 Å². The Balaban J connectivity index is 0.00000144. The number of aliphatic carboxylic acids is 1. The predicted octanol–water partition coefficient (Wildman–Crippen LogP) is 1.80. The normalized spacial score (nSPS) is 20.4. The molecule has 13 heavy (non-hydrogen) atoms. The first-order chi connectivity index (χ1) is 5.70. The quantitative estimate of drug-likeness (QED) is 0.742. The van der Waals surface area contributed by atoms with Crippen molar-refractivity contribution in [2.45, 2.75) is 51.1 Å². The van der Waals surface area contributed by atoms with Crippen molar-refractivity contribution in [3.63, 3.8) is 0 Å². The van der Waals surface area contributed by atoms with E-state index in [2.05, 4.69) is 5.32 Å². The lowest BCUT2D eigenvalue weighted by molar-refractivity contribution is -0.139. The molecule has 0 aromatic rings. The number of rotatable bonds is 3. The van der Waals surface area contributed by atoms with Crippen molar-refractivity contribution >= 4 is 18.4 Å². The lowest BCUT2D eigenvalue weighted by atomic mass is 9.95. The monoisotopic (exact) mass is 207 g/mol. The molecule has 0 spiro atoms. The molecular formula is C9H18ClNO2. The van der Waals surface area contributed by atoms with Gasteiger partial charge in [-0.1, -0.05) is 19.3 Å². The van der Waals surface area contributed by atoms with Crippen LogP contribution in [0.5, 0.6) is 0 Å². The highest BCUT2D eigenvalue weighted by molar-refractivity contribution is 5.85. The summed E-state index contributed by atoms with van der Waals surface area (Å²) in [5, 5.41) is 11.8. The smallest absolute Gasteiger partial charge is 0.320 e. The maximum absolute atomic E-state index is 10.5. The Labute approximate surface area is 85.3 Å². The summed E-state index contributed by atoms with van der Waals surface area (Å²) in [6, 6.07) is 0.0398. The van der Waals surface area contributed by atoms with Crippen molar-refractivity contribution in [3.05, 3.63) is 0 Å². The van der Waals surface area contributed by atoms with E-state index in [1.165, 1.54) is 19.3 Å². The molecule has 3 nitrogen and oxygen atoms in total. The number of halogens is 1. The third-order valence-corrected chi connectivity index (χ3v) is 2.46. The topological polar surface area (TPSA) is 49.3 Å². The van der Waals surface area contributed by atoms with Crippen LogP contribution in [-0.2, 0) is 4.79 Å². The predicted molar refractivity (Wildman–Crippen MR) is 54.4 cm³/mol. The van der Waals surface area contributed by atoms with Crippen LogP contribution in [0.1, 0.15) is 39.0 Å². The molecule has 0 unspecified atom stereocenters. The molecule has 1 saturated carbocycles. The molecule has 1 atom stereocenters. The van der Waals surface area contributed by atoms with Gasteiger partial charge < -0.3 is 10.4 Å². The summed E-state index contributed by atoms with van der Waals surface area (Å²) >= 11 is 0. The van der Waals surface area contributed by atoms with Gasteiger partial charge in [-0.15, -0.1) is 12.4 Å². The van der Waals surface area contributed by atoms with Crippen molar-refractivity contribution in [3.8, 4) is 0 Å². The van der Waals surface area contributed by atoms with Crippen LogP contribution < -0.4 is 5.32 Å². The molecule has 0 saturated heterocycles. The van der Waals surface area contributed by atoms with Crippen molar-refractivity contribution in [1.29, 1.82) is 0 Å². The highest BCUT2D eigenvalue weighted by Gasteiger charge is 2.18. The van der Waals surface area contributed by atoms with Crippen LogP contribution in [0.2, 0.25) is 0 Å². The van der Waals surface area contributed by atoms with Gasteiger partial charge in [0.1, 0.15) is 6.04 Å². The molecule has 2 N–H and O–H groups in total. The van der Waals surface area contributed by atoms with Crippen molar-refractivity contribution in [1.82, 2.24) is 5.32 Å². The second kappa shape index (κ2) is 6.22. The summed E-state index contributed by atoms with van der Waals surface area (Å²) in [6.07, 6.45) is 6.06. The van der Waals surface area contributed by atoms with E-state index in [-0.39, 0.29) is 12.4 Å². The lowest BCUT2D eigenvalue weighted by Crippen LogP contribution is -2.42. The summed E-state index contributed by atoms with van der Waals surface area (Å²) in [5.41, 5.74) is 0. The molecule has 0 aromatic heterocycles. The number of hydrogen-bond donors (Lipinski definition) is 2. The van der Waals surface area contributed by atoms with Crippen LogP contribution >= 0.6 is 12.4 Å². The molecule has 1 aliphatic rings. The van der Waals surface area contributed by atoms with Gasteiger partial charge in [0.25, 0.3) is 0 Å². The van der Waals surface area contributed by atoms with Crippen LogP contribution in [0.3, 0.4) is 0 Å². The van der Waals surface area contributed by atoms with Crippen LogP contribution in [0, 0.1) is 0 Å². The van der Waals surface area contributed by atoms with Crippen molar-refractivity contribution in [2.75, 3.05) is 0 Å². The van der Waals surface area contributed by atoms with Gasteiger partial charge in [-0.25, -0.2) is 0 Å². The summed E-state index contributed by atoms with van der Waals surface area (Å²) in [5.74, 6) is -0.749. The maximum Gasteiger partial charge on any atom is 0.320 e. The zero-order valence-corrected chi connectivity index (χ0v) is 8.77. The highest BCUT2D eigenvalue weighted by Crippen LogP contribution is 2.17. The van der Waals surface area contributed by atoms with Gasteiger partial charge in [0, 0.05) is 6.04 Å². The number of hydrogen-bond acceptors (Lipinski definition) is 2. The summed E-state index contributed by atoms with van der Waals surface area (Å²) < 4.78 is 0. The molecule has 1 fully saturated rings. The van der Waals surface area contributed by atoms with E-state index in [4.69, 9.17) is 5.11 Å². The number of carboxylic acids is 1. The summed E-state index contributed by atoms with van der Waals surface area (Å²) in [6.45, 7) is 1.71. The molecule has 4 heteroatoms. The Bertz CT molecular complexity index is 158. The minimum Gasteiger partial charge on any atom is -0.480 e. The van der Waals surface area contributed by atoms with Gasteiger partial charge in [0.05, 0.1) is 0 Å². The first kappa shape index (κ1) is 12.7. The molecule has 0 aromatic carbocycles. The molecule has 1 aliphatic carbocycles. The summed E-state index contributed by atoms with van der Waals surface area (Å²) in [7, 11) is 0. The number of carbonyl (C=O) groups is 1. The standard InChI is InChI=1S/C9H17NO2.ClH/c1-7(9(11)12)10-8-5-3-2-4-6-8;/h7-8,10H,2-6H2,1H3,(H,11,12);1H/t7-;/m1./s1. The van der Waals surface area contributed by atoms with Crippen LogP contribution in [0.25, 0.3) is 0 Å². The maximum atomic E-state index is 10.5. The number of carboxylic acid groups (broad SMARTS) is 1. The zero-order valence-electron chi connectivity index (χ0n) is 7.95.